The third-order valence-electron chi connectivity index (χ3n) is 3.26. The van der Waals surface area contributed by atoms with Crippen LogP contribution in [0.4, 0.5) is 18.9 Å². The summed E-state index contributed by atoms with van der Waals surface area (Å²) in [7, 11) is 0. The average molecular weight is 417 g/mol. The van der Waals surface area contributed by atoms with Crippen molar-refractivity contribution in [2.24, 2.45) is 0 Å². The molecule has 12 heteroatoms. The van der Waals surface area contributed by atoms with Crippen molar-refractivity contribution >= 4 is 40.5 Å². The number of aromatic carboxylic acids is 1. The number of alkyl halides is 3. The Morgan fingerprint density at radius 2 is 2.04 bits per heavy atom. The van der Waals surface area contributed by atoms with Gasteiger partial charge in [0.05, 0.1) is 6.20 Å². The molecular weight excluding hydrogens is 409 g/mol. The van der Waals surface area contributed by atoms with Gasteiger partial charge in [0.15, 0.2) is 5.69 Å². The number of halogens is 4. The van der Waals surface area contributed by atoms with Crippen molar-refractivity contribution in [3.05, 3.63) is 57.8 Å². The fourth-order valence-electron chi connectivity index (χ4n) is 2.15. The van der Waals surface area contributed by atoms with Crippen molar-refractivity contribution in [3.8, 4) is 5.13 Å². The Balaban J connectivity index is 1.92. The second kappa shape index (κ2) is 7.00. The zero-order chi connectivity index (χ0) is 19.8. The number of thiazole rings is 1. The van der Waals surface area contributed by atoms with E-state index in [0.717, 1.165) is 0 Å². The molecule has 27 heavy (non-hydrogen) atoms. The molecule has 140 valence electrons. The zero-order valence-corrected chi connectivity index (χ0v) is 14.6. The molecule has 0 atom stereocenters. The SMILES string of the molecule is O=C(Nc1cccc(Cl)c1)c1csc(-n2ncc(C(=O)O)c2C(F)(F)F)n1. The van der Waals surface area contributed by atoms with Gasteiger partial charge in [0, 0.05) is 16.1 Å². The van der Waals surface area contributed by atoms with Gasteiger partial charge in [-0.25, -0.2) is 14.5 Å². The highest BCUT2D eigenvalue weighted by Crippen LogP contribution is 2.34. The highest BCUT2D eigenvalue weighted by Gasteiger charge is 2.41. The van der Waals surface area contributed by atoms with Crippen LogP contribution in [0.3, 0.4) is 0 Å². The van der Waals surface area contributed by atoms with E-state index in [9.17, 15) is 22.8 Å². The molecule has 1 amide bonds. The van der Waals surface area contributed by atoms with E-state index in [1.54, 1.807) is 18.2 Å². The van der Waals surface area contributed by atoms with Gasteiger partial charge >= 0.3 is 12.1 Å². The van der Waals surface area contributed by atoms with Crippen molar-refractivity contribution in [2.75, 3.05) is 5.32 Å². The number of carbonyl (C=O) groups is 2. The average Bonchev–Trinajstić information content (AvgIpc) is 3.21. The molecule has 3 rings (SSSR count). The minimum atomic E-state index is -4.97. The molecule has 0 aliphatic heterocycles. The summed E-state index contributed by atoms with van der Waals surface area (Å²) in [5.74, 6) is -2.44. The molecular formula is C15H8ClF3N4O3S. The molecule has 2 N–H and O–H groups in total. The molecule has 0 aliphatic carbocycles. The van der Waals surface area contributed by atoms with E-state index in [0.29, 0.717) is 32.9 Å². The number of aromatic nitrogens is 3. The number of nitrogens with zero attached hydrogens (tertiary/aromatic N) is 3. The van der Waals surface area contributed by atoms with Crippen molar-refractivity contribution < 1.29 is 27.9 Å². The summed E-state index contributed by atoms with van der Waals surface area (Å²) in [5.41, 5.74) is -2.27. The van der Waals surface area contributed by atoms with E-state index < -0.39 is 29.3 Å². The third-order valence-corrected chi connectivity index (χ3v) is 4.31. The summed E-state index contributed by atoms with van der Waals surface area (Å²) >= 11 is 6.53. The van der Waals surface area contributed by atoms with Crippen LogP contribution in [0, 0.1) is 0 Å². The maximum absolute atomic E-state index is 13.2. The maximum atomic E-state index is 13.2. The van der Waals surface area contributed by atoms with Crippen LogP contribution >= 0.6 is 22.9 Å². The van der Waals surface area contributed by atoms with E-state index >= 15 is 0 Å². The summed E-state index contributed by atoms with van der Waals surface area (Å²) in [5, 5.41) is 16.2. The summed E-state index contributed by atoms with van der Waals surface area (Å²) in [6.07, 6.45) is -4.39. The second-order valence-corrected chi connectivity index (χ2v) is 6.37. The van der Waals surface area contributed by atoms with Crippen LogP contribution in [-0.2, 0) is 6.18 Å². The Morgan fingerprint density at radius 3 is 2.67 bits per heavy atom. The molecule has 0 spiro atoms. The Bertz CT molecular complexity index is 1030. The third kappa shape index (κ3) is 3.93. The standard InChI is InChI=1S/C15H8ClF3N4O3S/c16-7-2-1-3-8(4-7)21-12(24)10-6-27-14(22-10)23-11(15(17,18)19)9(5-20-23)13(25)26/h1-6H,(H,21,24)(H,25,26). The van der Waals surface area contributed by atoms with Gasteiger partial charge in [-0.15, -0.1) is 11.3 Å². The van der Waals surface area contributed by atoms with Crippen molar-refractivity contribution in [3.63, 3.8) is 0 Å². The monoisotopic (exact) mass is 416 g/mol. The number of benzene rings is 1. The lowest BCUT2D eigenvalue weighted by Gasteiger charge is -2.09. The topological polar surface area (TPSA) is 97.1 Å². The van der Waals surface area contributed by atoms with Gasteiger partial charge in [-0.3, -0.25) is 4.79 Å². The van der Waals surface area contributed by atoms with Gasteiger partial charge in [-0.05, 0) is 18.2 Å². The van der Waals surface area contributed by atoms with Gasteiger partial charge in [-0.1, -0.05) is 17.7 Å². The van der Waals surface area contributed by atoms with E-state index in [1.165, 1.54) is 11.4 Å². The number of anilines is 1. The van der Waals surface area contributed by atoms with E-state index in [2.05, 4.69) is 15.4 Å². The minimum Gasteiger partial charge on any atom is -0.478 e. The van der Waals surface area contributed by atoms with E-state index in [1.807, 2.05) is 0 Å². The minimum absolute atomic E-state index is 0.157. The highest BCUT2D eigenvalue weighted by molar-refractivity contribution is 7.12. The molecule has 0 saturated carbocycles. The molecule has 7 nitrogen and oxygen atoms in total. The summed E-state index contributed by atoms with van der Waals surface area (Å²) in [6, 6.07) is 6.28. The van der Waals surface area contributed by atoms with Crippen LogP contribution in [0.1, 0.15) is 26.5 Å². The smallest absolute Gasteiger partial charge is 0.434 e. The number of hydrogen-bond donors (Lipinski definition) is 2. The van der Waals surface area contributed by atoms with Crippen LogP contribution in [0.5, 0.6) is 0 Å². The van der Waals surface area contributed by atoms with E-state index in [4.69, 9.17) is 16.7 Å². The predicted octanol–water partition coefficient (Wildman–Crippen LogP) is 3.95. The van der Waals surface area contributed by atoms with Gasteiger partial charge < -0.3 is 10.4 Å². The van der Waals surface area contributed by atoms with Crippen molar-refractivity contribution in [2.45, 2.75) is 6.18 Å². The first kappa shape index (κ1) is 18.9. The molecule has 3 aromatic rings. The molecule has 0 unspecified atom stereocenters. The first-order valence-electron chi connectivity index (χ1n) is 7.08. The lowest BCUT2D eigenvalue weighted by Crippen LogP contribution is -2.17. The summed E-state index contributed by atoms with van der Waals surface area (Å²) in [4.78, 5) is 27.0. The number of nitrogens with one attached hydrogen (secondary N) is 1. The van der Waals surface area contributed by atoms with Crippen LogP contribution in [0.25, 0.3) is 5.13 Å². The molecule has 2 heterocycles. The van der Waals surface area contributed by atoms with Crippen LogP contribution in [-0.4, -0.2) is 31.7 Å². The lowest BCUT2D eigenvalue weighted by atomic mass is 10.2. The Labute approximate surface area is 158 Å². The normalized spacial score (nSPS) is 11.4. The van der Waals surface area contributed by atoms with Crippen molar-refractivity contribution in [1.82, 2.24) is 14.8 Å². The number of carbonyl (C=O) groups excluding carboxylic acids is 1. The van der Waals surface area contributed by atoms with Gasteiger partial charge in [0.1, 0.15) is 11.3 Å². The molecule has 0 radical (unpaired) electrons. The number of amides is 1. The number of carboxylic acid groups (broad SMARTS) is 1. The Kier molecular flexibility index (Phi) is 4.89. The number of hydrogen-bond acceptors (Lipinski definition) is 5. The van der Waals surface area contributed by atoms with Crippen LogP contribution in [0.15, 0.2) is 35.8 Å². The fourth-order valence-corrected chi connectivity index (χ4v) is 3.11. The molecule has 0 saturated heterocycles. The highest BCUT2D eigenvalue weighted by atomic mass is 35.5. The number of rotatable bonds is 4. The molecule has 0 fully saturated rings. The number of carboxylic acids is 1. The van der Waals surface area contributed by atoms with Gasteiger partial charge in [-0.2, -0.15) is 18.3 Å². The first-order valence-corrected chi connectivity index (χ1v) is 8.34. The van der Waals surface area contributed by atoms with Crippen LogP contribution in [0.2, 0.25) is 5.02 Å². The second-order valence-electron chi connectivity index (χ2n) is 5.10. The fraction of sp³-hybridized carbons (Fsp3) is 0.0667. The van der Waals surface area contributed by atoms with Gasteiger partial charge in [0.25, 0.3) is 5.91 Å². The first-order chi connectivity index (χ1) is 12.7. The quantitative estimate of drug-likeness (QED) is 0.671. The van der Waals surface area contributed by atoms with Gasteiger partial charge in [0.2, 0.25) is 5.13 Å². The zero-order valence-electron chi connectivity index (χ0n) is 13.0. The summed E-state index contributed by atoms with van der Waals surface area (Å²) in [6.45, 7) is 0. The molecule has 2 aromatic heterocycles. The largest absolute Gasteiger partial charge is 0.478 e. The van der Waals surface area contributed by atoms with Crippen molar-refractivity contribution in [1.29, 1.82) is 0 Å². The molecule has 0 bridgehead atoms. The molecule has 1 aromatic carbocycles. The predicted molar refractivity (Wildman–Crippen MR) is 90.6 cm³/mol. The van der Waals surface area contributed by atoms with Crippen LogP contribution < -0.4 is 5.32 Å². The summed E-state index contributed by atoms with van der Waals surface area (Å²) < 4.78 is 40.1. The Morgan fingerprint density at radius 1 is 1.30 bits per heavy atom. The maximum Gasteiger partial charge on any atom is 0.434 e. The molecule has 0 aliphatic rings. The Hall–Kier alpha value is -2.92. The van der Waals surface area contributed by atoms with E-state index in [-0.39, 0.29) is 10.8 Å². The lowest BCUT2D eigenvalue weighted by molar-refractivity contribution is -0.143.